The molecule has 0 N–H and O–H groups in total. The van der Waals surface area contributed by atoms with E-state index in [0.29, 0.717) is 6.42 Å². The molecule has 82 valence electrons. The highest BCUT2D eigenvalue weighted by molar-refractivity contribution is 7.87. The molecule has 1 saturated heterocycles. The molecule has 0 spiro atoms. The molecule has 2 unspecified atom stereocenters. The molecule has 14 heavy (non-hydrogen) atoms. The molecular formula is C8H14O5S. The Labute approximate surface area is 83.5 Å². The highest BCUT2D eigenvalue weighted by Crippen LogP contribution is 2.14. The van der Waals surface area contributed by atoms with Crippen LogP contribution in [0.3, 0.4) is 0 Å². The highest BCUT2D eigenvalue weighted by atomic mass is 32.2. The zero-order chi connectivity index (χ0) is 10.8. The van der Waals surface area contributed by atoms with Crippen molar-refractivity contribution in [2.45, 2.75) is 26.4 Å². The van der Waals surface area contributed by atoms with Crippen LogP contribution in [0, 0.1) is 5.92 Å². The maximum atomic E-state index is 11.3. The molecule has 0 saturated carbocycles. The molecule has 0 amide bonds. The van der Waals surface area contributed by atoms with Crippen LogP contribution in [0.25, 0.3) is 0 Å². The first-order valence-corrected chi connectivity index (χ1v) is 6.10. The van der Waals surface area contributed by atoms with Gasteiger partial charge >= 0.3 is 5.97 Å². The van der Waals surface area contributed by atoms with Crippen LogP contribution >= 0.6 is 0 Å². The third kappa shape index (κ3) is 2.95. The van der Waals surface area contributed by atoms with Gasteiger partial charge in [0.2, 0.25) is 0 Å². The predicted molar refractivity (Wildman–Crippen MR) is 49.1 cm³/mol. The summed E-state index contributed by atoms with van der Waals surface area (Å²) in [7, 11) is -3.45. The first-order chi connectivity index (χ1) is 6.44. The lowest BCUT2D eigenvalue weighted by Crippen LogP contribution is -2.25. The van der Waals surface area contributed by atoms with E-state index in [9.17, 15) is 13.2 Å². The number of hydrogen-bond donors (Lipinski definition) is 0. The van der Waals surface area contributed by atoms with Crippen molar-refractivity contribution in [1.29, 1.82) is 0 Å². The van der Waals surface area contributed by atoms with Crippen LogP contribution in [0.2, 0.25) is 0 Å². The van der Waals surface area contributed by atoms with Gasteiger partial charge in [0.05, 0.1) is 5.92 Å². The van der Waals surface area contributed by atoms with Gasteiger partial charge in [0.1, 0.15) is 18.5 Å². The van der Waals surface area contributed by atoms with Crippen molar-refractivity contribution in [3.63, 3.8) is 0 Å². The Morgan fingerprint density at radius 2 is 2.29 bits per heavy atom. The third-order valence-corrected chi connectivity index (χ3v) is 3.40. The summed E-state index contributed by atoms with van der Waals surface area (Å²) in [5, 5.41) is 0. The zero-order valence-corrected chi connectivity index (χ0v) is 9.04. The zero-order valence-electron chi connectivity index (χ0n) is 8.23. The SMILES string of the molecule is CCC(C)C(=O)OC1COS(=O)(=O)C1. The average molecular weight is 222 g/mol. The molecule has 1 rings (SSSR count). The summed E-state index contributed by atoms with van der Waals surface area (Å²) in [5.41, 5.74) is 0. The number of ether oxygens (including phenoxy) is 1. The highest BCUT2D eigenvalue weighted by Gasteiger charge is 2.32. The number of rotatable bonds is 3. The number of carbonyl (C=O) groups is 1. The molecule has 0 bridgehead atoms. The maximum absolute atomic E-state index is 11.3. The topological polar surface area (TPSA) is 69.7 Å². The quantitative estimate of drug-likeness (QED) is 0.507. The minimum absolute atomic E-state index is 0.0511. The van der Waals surface area contributed by atoms with Crippen molar-refractivity contribution in [1.82, 2.24) is 0 Å². The normalized spacial score (nSPS) is 27.1. The fourth-order valence-electron chi connectivity index (χ4n) is 1.02. The van der Waals surface area contributed by atoms with Gasteiger partial charge in [-0.15, -0.1) is 0 Å². The Morgan fingerprint density at radius 1 is 1.64 bits per heavy atom. The van der Waals surface area contributed by atoms with Crippen molar-refractivity contribution in [3.05, 3.63) is 0 Å². The van der Waals surface area contributed by atoms with E-state index in [-0.39, 0.29) is 24.2 Å². The lowest BCUT2D eigenvalue weighted by atomic mass is 10.1. The molecule has 0 radical (unpaired) electrons. The Kier molecular flexibility index (Phi) is 3.49. The first kappa shape index (κ1) is 11.5. The van der Waals surface area contributed by atoms with Crippen molar-refractivity contribution < 1.29 is 22.1 Å². The first-order valence-electron chi connectivity index (χ1n) is 4.52. The molecule has 5 nitrogen and oxygen atoms in total. The van der Waals surface area contributed by atoms with Gasteiger partial charge in [0.15, 0.2) is 0 Å². The summed E-state index contributed by atoms with van der Waals surface area (Å²) in [5.74, 6) is -0.786. The van der Waals surface area contributed by atoms with E-state index in [4.69, 9.17) is 4.74 Å². The predicted octanol–water partition coefficient (Wildman–Crippen LogP) is 0.304. The smallest absolute Gasteiger partial charge is 0.309 e. The number of hydrogen-bond acceptors (Lipinski definition) is 5. The minimum atomic E-state index is -3.45. The van der Waals surface area contributed by atoms with E-state index in [2.05, 4.69) is 4.18 Å². The standard InChI is InChI=1S/C8H14O5S/c1-3-6(2)8(9)13-7-4-12-14(10,11)5-7/h6-7H,3-5H2,1-2H3. The van der Waals surface area contributed by atoms with Gasteiger partial charge in [-0.3, -0.25) is 8.98 Å². The van der Waals surface area contributed by atoms with E-state index in [1.54, 1.807) is 6.92 Å². The fraction of sp³-hybridized carbons (Fsp3) is 0.875. The number of carbonyl (C=O) groups excluding carboxylic acids is 1. The van der Waals surface area contributed by atoms with Crippen LogP contribution in [0.15, 0.2) is 0 Å². The molecule has 0 aromatic rings. The van der Waals surface area contributed by atoms with Gasteiger partial charge in [-0.05, 0) is 6.42 Å². The van der Waals surface area contributed by atoms with Crippen LogP contribution in [-0.4, -0.2) is 32.9 Å². The van der Waals surface area contributed by atoms with Crippen molar-refractivity contribution >= 4 is 16.1 Å². The Morgan fingerprint density at radius 3 is 2.71 bits per heavy atom. The van der Waals surface area contributed by atoms with E-state index in [0.717, 1.165) is 0 Å². The maximum Gasteiger partial charge on any atom is 0.309 e. The lowest BCUT2D eigenvalue weighted by Gasteiger charge is -2.12. The summed E-state index contributed by atoms with van der Waals surface area (Å²) in [6.45, 7) is 3.56. The molecule has 2 atom stereocenters. The van der Waals surface area contributed by atoms with E-state index >= 15 is 0 Å². The second kappa shape index (κ2) is 4.27. The molecule has 1 heterocycles. The van der Waals surface area contributed by atoms with Crippen LogP contribution in [0.5, 0.6) is 0 Å². The summed E-state index contributed by atoms with van der Waals surface area (Å²) in [4.78, 5) is 11.3. The van der Waals surface area contributed by atoms with Gasteiger partial charge in [-0.1, -0.05) is 13.8 Å². The monoisotopic (exact) mass is 222 g/mol. The van der Waals surface area contributed by atoms with Crippen LogP contribution in [0.4, 0.5) is 0 Å². The molecule has 0 aromatic carbocycles. The van der Waals surface area contributed by atoms with Gasteiger partial charge < -0.3 is 4.74 Å². The number of esters is 1. The molecule has 0 aromatic heterocycles. The van der Waals surface area contributed by atoms with Crippen LogP contribution in [0.1, 0.15) is 20.3 Å². The van der Waals surface area contributed by atoms with Gasteiger partial charge in [0.25, 0.3) is 10.1 Å². The third-order valence-electron chi connectivity index (χ3n) is 2.12. The summed E-state index contributed by atoms with van der Waals surface area (Å²) < 4.78 is 31.1. The lowest BCUT2D eigenvalue weighted by molar-refractivity contribution is -0.152. The molecular weight excluding hydrogens is 208 g/mol. The Bertz CT molecular complexity index is 308. The fourth-order valence-corrected chi connectivity index (χ4v) is 2.09. The van der Waals surface area contributed by atoms with E-state index in [1.165, 1.54) is 0 Å². The second-order valence-corrected chi connectivity index (χ2v) is 5.06. The summed E-state index contributed by atoms with van der Waals surface area (Å²) in [6.07, 6.45) is 0.0422. The van der Waals surface area contributed by atoms with Crippen LogP contribution in [-0.2, 0) is 23.8 Å². The van der Waals surface area contributed by atoms with Gasteiger partial charge in [0, 0.05) is 0 Å². The van der Waals surface area contributed by atoms with Crippen molar-refractivity contribution in [2.75, 3.05) is 12.4 Å². The molecule has 0 aliphatic carbocycles. The molecule has 6 heteroatoms. The molecule has 1 fully saturated rings. The van der Waals surface area contributed by atoms with Crippen LogP contribution < -0.4 is 0 Å². The van der Waals surface area contributed by atoms with E-state index < -0.39 is 16.2 Å². The second-order valence-electron chi connectivity index (χ2n) is 3.38. The Balaban J connectivity index is 2.44. The largest absolute Gasteiger partial charge is 0.458 e. The van der Waals surface area contributed by atoms with Crippen molar-refractivity contribution in [3.8, 4) is 0 Å². The van der Waals surface area contributed by atoms with Gasteiger partial charge in [-0.2, -0.15) is 8.42 Å². The average Bonchev–Trinajstić information content (AvgIpc) is 2.44. The Hall–Kier alpha value is -0.620. The summed E-state index contributed by atoms with van der Waals surface area (Å²) in [6, 6.07) is 0. The molecule has 1 aliphatic heterocycles. The summed E-state index contributed by atoms with van der Waals surface area (Å²) >= 11 is 0. The molecule has 1 aliphatic rings. The minimum Gasteiger partial charge on any atom is -0.458 e. The van der Waals surface area contributed by atoms with E-state index in [1.807, 2.05) is 6.92 Å². The van der Waals surface area contributed by atoms with Gasteiger partial charge in [-0.25, -0.2) is 0 Å². The van der Waals surface area contributed by atoms with Crippen molar-refractivity contribution in [2.24, 2.45) is 5.92 Å².